The second-order valence-corrected chi connectivity index (χ2v) is 10.8. The Morgan fingerprint density at radius 3 is 2.27 bits per heavy atom. The third-order valence-electron chi connectivity index (χ3n) is 8.10. The summed E-state index contributed by atoms with van der Waals surface area (Å²) in [6.07, 6.45) is 8.27. The van der Waals surface area contributed by atoms with E-state index in [1.807, 2.05) is 6.07 Å². The van der Waals surface area contributed by atoms with Crippen molar-refractivity contribution in [3.8, 4) is 0 Å². The Balaban J connectivity index is 1.51. The average Bonchev–Trinajstić information content (AvgIpc) is 3.30. The zero-order valence-corrected chi connectivity index (χ0v) is 20.5. The maximum Gasteiger partial charge on any atom is 0.191 e. The zero-order chi connectivity index (χ0) is 23.3. The highest BCUT2D eigenvalue weighted by molar-refractivity contribution is 5.83. The zero-order valence-electron chi connectivity index (χ0n) is 20.5. The monoisotopic (exact) mass is 446 g/mol. The maximum atomic E-state index is 13.4. The molecule has 0 bridgehead atoms. The summed E-state index contributed by atoms with van der Waals surface area (Å²) in [6.45, 7) is 7.37. The standard InChI is InChI=1S/C30H40NO2/c1-23-10-8-11-24(2)29(23)19-28(32)22-31(20-26-14-4-3-5-15-26)17-9-16-27(21-31)30(33)18-25-12-6-7-13-25/h3-5,8,10-11,14-15,25,27H,6-7,9,12-13,16-22H2,1-2H3/q+1. The first-order chi connectivity index (χ1) is 15.9. The summed E-state index contributed by atoms with van der Waals surface area (Å²) >= 11 is 0. The van der Waals surface area contributed by atoms with E-state index in [9.17, 15) is 9.59 Å². The number of piperidine rings is 1. The fourth-order valence-electron chi connectivity index (χ4n) is 6.32. The smallest absolute Gasteiger partial charge is 0.191 e. The summed E-state index contributed by atoms with van der Waals surface area (Å²) in [7, 11) is 0. The Morgan fingerprint density at radius 2 is 1.58 bits per heavy atom. The molecule has 176 valence electrons. The number of aryl methyl sites for hydroxylation is 2. The van der Waals surface area contributed by atoms with Gasteiger partial charge < -0.3 is 4.48 Å². The first kappa shape index (κ1) is 23.9. The topological polar surface area (TPSA) is 34.1 Å². The highest BCUT2D eigenvalue weighted by Crippen LogP contribution is 2.33. The first-order valence-corrected chi connectivity index (χ1v) is 12.9. The van der Waals surface area contributed by atoms with Crippen molar-refractivity contribution < 1.29 is 14.1 Å². The number of ketones is 2. The predicted octanol–water partition coefficient (Wildman–Crippen LogP) is 5.99. The number of rotatable bonds is 9. The Kier molecular flexibility index (Phi) is 7.80. The molecule has 0 N–H and O–H groups in total. The van der Waals surface area contributed by atoms with Crippen LogP contribution in [0.1, 0.15) is 67.2 Å². The van der Waals surface area contributed by atoms with E-state index in [2.05, 4.69) is 56.3 Å². The van der Waals surface area contributed by atoms with Gasteiger partial charge in [-0.3, -0.25) is 9.59 Å². The van der Waals surface area contributed by atoms with Crippen LogP contribution in [-0.2, 0) is 22.6 Å². The number of benzene rings is 2. The van der Waals surface area contributed by atoms with Gasteiger partial charge in [0.1, 0.15) is 18.9 Å². The lowest BCUT2D eigenvalue weighted by Gasteiger charge is -2.44. The highest BCUT2D eigenvalue weighted by atomic mass is 16.1. The second kappa shape index (κ2) is 10.8. The number of carbonyl (C=O) groups excluding carboxylic acids is 2. The Hall–Kier alpha value is -2.26. The van der Waals surface area contributed by atoms with Gasteiger partial charge >= 0.3 is 0 Å². The summed E-state index contributed by atoms with van der Waals surface area (Å²) in [6, 6.07) is 16.8. The van der Waals surface area contributed by atoms with Gasteiger partial charge in [-0.1, -0.05) is 74.2 Å². The molecular weight excluding hydrogens is 406 g/mol. The van der Waals surface area contributed by atoms with Gasteiger partial charge in [-0.15, -0.1) is 0 Å². The van der Waals surface area contributed by atoms with Crippen molar-refractivity contribution in [1.82, 2.24) is 0 Å². The van der Waals surface area contributed by atoms with Crippen LogP contribution in [0.2, 0.25) is 0 Å². The van der Waals surface area contributed by atoms with Crippen molar-refractivity contribution in [2.24, 2.45) is 11.8 Å². The van der Waals surface area contributed by atoms with Gasteiger partial charge in [-0.25, -0.2) is 0 Å². The molecule has 1 aliphatic heterocycles. The van der Waals surface area contributed by atoms with E-state index in [1.54, 1.807) is 0 Å². The van der Waals surface area contributed by atoms with Gasteiger partial charge in [-0.2, -0.15) is 0 Å². The van der Waals surface area contributed by atoms with E-state index in [-0.39, 0.29) is 5.92 Å². The van der Waals surface area contributed by atoms with E-state index < -0.39 is 0 Å². The molecule has 3 heteroatoms. The van der Waals surface area contributed by atoms with Gasteiger partial charge in [0.15, 0.2) is 5.78 Å². The van der Waals surface area contributed by atoms with Crippen molar-refractivity contribution in [3.05, 3.63) is 70.8 Å². The second-order valence-electron chi connectivity index (χ2n) is 10.8. The highest BCUT2D eigenvalue weighted by Gasteiger charge is 2.40. The molecular formula is C30H40NO2+. The van der Waals surface area contributed by atoms with E-state index in [0.29, 0.717) is 30.4 Å². The first-order valence-electron chi connectivity index (χ1n) is 12.9. The molecule has 0 radical (unpaired) electrons. The third kappa shape index (κ3) is 6.20. The largest absolute Gasteiger partial charge is 0.313 e. The van der Waals surface area contributed by atoms with Gasteiger partial charge in [0.25, 0.3) is 0 Å². The quantitative estimate of drug-likeness (QED) is 0.443. The maximum absolute atomic E-state index is 13.4. The molecule has 1 heterocycles. The minimum atomic E-state index is 0.107. The van der Waals surface area contributed by atoms with Crippen molar-refractivity contribution in [2.75, 3.05) is 19.6 Å². The normalized spacial score (nSPS) is 23.5. The summed E-state index contributed by atoms with van der Waals surface area (Å²) < 4.78 is 0.731. The van der Waals surface area contributed by atoms with Crippen molar-refractivity contribution in [1.29, 1.82) is 0 Å². The van der Waals surface area contributed by atoms with Gasteiger partial charge in [0.2, 0.25) is 0 Å². The molecule has 2 aliphatic rings. The average molecular weight is 447 g/mol. The number of hydrogen-bond acceptors (Lipinski definition) is 2. The number of hydrogen-bond donors (Lipinski definition) is 0. The van der Waals surface area contributed by atoms with E-state index in [1.165, 1.54) is 47.9 Å². The van der Waals surface area contributed by atoms with Gasteiger partial charge in [0, 0.05) is 18.4 Å². The van der Waals surface area contributed by atoms with Crippen LogP contribution in [-0.4, -0.2) is 35.7 Å². The fraction of sp³-hybridized carbons (Fsp3) is 0.533. The van der Waals surface area contributed by atoms with Crippen molar-refractivity contribution >= 4 is 11.6 Å². The number of nitrogens with zero attached hydrogens (tertiary/aromatic N) is 1. The van der Waals surface area contributed by atoms with Crippen LogP contribution in [0.4, 0.5) is 0 Å². The van der Waals surface area contributed by atoms with E-state index in [4.69, 9.17) is 0 Å². The molecule has 2 fully saturated rings. The minimum Gasteiger partial charge on any atom is -0.313 e. The van der Waals surface area contributed by atoms with E-state index in [0.717, 1.165) is 43.4 Å². The predicted molar refractivity (Wildman–Crippen MR) is 134 cm³/mol. The fourth-order valence-corrected chi connectivity index (χ4v) is 6.32. The molecule has 3 nitrogen and oxygen atoms in total. The summed E-state index contributed by atoms with van der Waals surface area (Å²) in [4.78, 5) is 26.7. The molecule has 0 amide bonds. The molecule has 2 atom stereocenters. The van der Waals surface area contributed by atoms with Gasteiger partial charge in [-0.05, 0) is 49.3 Å². The summed E-state index contributed by atoms with van der Waals surface area (Å²) in [5.41, 5.74) is 4.83. The molecule has 2 aromatic carbocycles. The van der Waals surface area contributed by atoms with Gasteiger partial charge in [0.05, 0.1) is 19.0 Å². The van der Waals surface area contributed by atoms with E-state index >= 15 is 0 Å². The number of carbonyl (C=O) groups is 2. The van der Waals surface area contributed by atoms with Crippen molar-refractivity contribution in [2.45, 2.75) is 71.8 Å². The van der Waals surface area contributed by atoms with Crippen LogP contribution in [0.5, 0.6) is 0 Å². The molecule has 1 aliphatic carbocycles. The van der Waals surface area contributed by atoms with Crippen LogP contribution in [0, 0.1) is 25.7 Å². The lowest BCUT2D eigenvalue weighted by Crippen LogP contribution is -2.57. The molecule has 1 saturated heterocycles. The third-order valence-corrected chi connectivity index (χ3v) is 8.10. The lowest BCUT2D eigenvalue weighted by atomic mass is 9.86. The summed E-state index contributed by atoms with van der Waals surface area (Å²) in [5, 5.41) is 0. The van der Waals surface area contributed by atoms with Crippen LogP contribution < -0.4 is 0 Å². The lowest BCUT2D eigenvalue weighted by molar-refractivity contribution is -0.940. The molecule has 33 heavy (non-hydrogen) atoms. The molecule has 4 rings (SSSR count). The minimum absolute atomic E-state index is 0.107. The Bertz CT molecular complexity index is 940. The molecule has 0 spiro atoms. The Labute approximate surface area is 199 Å². The van der Waals surface area contributed by atoms with Crippen LogP contribution >= 0.6 is 0 Å². The number of likely N-dealkylation sites (tertiary alicyclic amines) is 1. The SMILES string of the molecule is Cc1cccc(C)c1CC(=O)C[N+]1(Cc2ccccc2)CCCC(C(=O)CC2CCCC2)C1. The molecule has 1 saturated carbocycles. The number of quaternary nitrogens is 1. The van der Waals surface area contributed by atoms with Crippen LogP contribution in [0.3, 0.4) is 0 Å². The molecule has 2 unspecified atom stereocenters. The van der Waals surface area contributed by atoms with Crippen LogP contribution in [0.15, 0.2) is 48.5 Å². The Morgan fingerprint density at radius 1 is 0.879 bits per heavy atom. The molecule has 2 aromatic rings. The molecule has 0 aromatic heterocycles. The number of Topliss-reactive ketones (excluding diaryl/α,β-unsaturated/α-hetero) is 2. The van der Waals surface area contributed by atoms with Crippen LogP contribution in [0.25, 0.3) is 0 Å². The van der Waals surface area contributed by atoms with Crippen molar-refractivity contribution in [3.63, 3.8) is 0 Å². The summed E-state index contributed by atoms with van der Waals surface area (Å²) in [5.74, 6) is 1.46.